The van der Waals surface area contributed by atoms with Crippen molar-refractivity contribution in [2.45, 2.75) is 25.3 Å². The minimum Gasteiger partial charge on any atom is -0.366 e. The number of rotatable bonds is 3. The third kappa shape index (κ3) is 2.49. The summed E-state index contributed by atoms with van der Waals surface area (Å²) in [5, 5.41) is 0. The molecule has 7 heteroatoms. The molecule has 0 aromatic carbocycles. The summed E-state index contributed by atoms with van der Waals surface area (Å²) in [4.78, 5) is 33.4. The van der Waals surface area contributed by atoms with Gasteiger partial charge in [-0.05, 0) is 25.3 Å². The van der Waals surface area contributed by atoms with Gasteiger partial charge in [-0.1, -0.05) is 0 Å². The molecular formula is C15H19N5O2. The van der Waals surface area contributed by atoms with Gasteiger partial charge < -0.3 is 20.2 Å². The first-order valence-corrected chi connectivity index (χ1v) is 7.34. The summed E-state index contributed by atoms with van der Waals surface area (Å²) in [5.74, 6) is 0.171. The second-order valence-corrected chi connectivity index (χ2v) is 5.57. The third-order valence-electron chi connectivity index (χ3n) is 4.11. The zero-order valence-electron chi connectivity index (χ0n) is 12.5. The quantitative estimate of drug-likeness (QED) is 0.891. The van der Waals surface area contributed by atoms with Crippen molar-refractivity contribution in [3.8, 4) is 0 Å². The number of carbonyl (C=O) groups is 2. The molecule has 22 heavy (non-hydrogen) atoms. The molecule has 116 valence electrons. The van der Waals surface area contributed by atoms with Crippen molar-refractivity contribution < 1.29 is 9.59 Å². The van der Waals surface area contributed by atoms with Gasteiger partial charge in [0.15, 0.2) is 0 Å². The molecule has 0 radical (unpaired) electrons. The molecule has 0 saturated carbocycles. The molecule has 1 fully saturated rings. The van der Waals surface area contributed by atoms with Crippen LogP contribution in [-0.4, -0.2) is 37.8 Å². The number of amides is 2. The molecule has 2 aromatic rings. The van der Waals surface area contributed by atoms with E-state index in [4.69, 9.17) is 5.73 Å². The second kappa shape index (κ2) is 5.67. The molecule has 0 spiro atoms. The number of primary amides is 1. The van der Waals surface area contributed by atoms with E-state index in [-0.39, 0.29) is 11.9 Å². The lowest BCUT2D eigenvalue weighted by Gasteiger charge is -2.34. The van der Waals surface area contributed by atoms with Crippen LogP contribution in [0.4, 0.5) is 0 Å². The van der Waals surface area contributed by atoms with Gasteiger partial charge in [0, 0.05) is 32.2 Å². The van der Waals surface area contributed by atoms with Gasteiger partial charge in [0.2, 0.25) is 5.91 Å². The lowest BCUT2D eigenvalue weighted by atomic mass is 10.0. The Kier molecular flexibility index (Phi) is 3.70. The molecule has 3 heterocycles. The van der Waals surface area contributed by atoms with E-state index < -0.39 is 5.91 Å². The third-order valence-corrected chi connectivity index (χ3v) is 4.11. The number of aromatic nitrogens is 3. The summed E-state index contributed by atoms with van der Waals surface area (Å²) in [6, 6.07) is 1.50. The predicted molar refractivity (Wildman–Crippen MR) is 80.1 cm³/mol. The lowest BCUT2D eigenvalue weighted by molar-refractivity contribution is 0.0591. The van der Waals surface area contributed by atoms with Crippen LogP contribution in [0.2, 0.25) is 0 Å². The topological polar surface area (TPSA) is 97.0 Å². The number of aryl methyl sites for hydroxylation is 1. The summed E-state index contributed by atoms with van der Waals surface area (Å²) >= 11 is 0. The predicted octanol–water partition coefficient (Wildman–Crippen LogP) is 1.21. The van der Waals surface area contributed by atoms with Crippen LogP contribution < -0.4 is 5.73 Å². The monoisotopic (exact) mass is 301 g/mol. The molecule has 0 aliphatic carbocycles. The summed E-state index contributed by atoms with van der Waals surface area (Å²) in [6.45, 7) is 0.682. The molecule has 0 bridgehead atoms. The summed E-state index contributed by atoms with van der Waals surface area (Å²) in [5.41, 5.74) is 6.10. The number of hydrogen-bond acceptors (Lipinski definition) is 3. The lowest BCUT2D eigenvalue weighted by Crippen LogP contribution is -2.39. The van der Waals surface area contributed by atoms with Crippen molar-refractivity contribution in [3.63, 3.8) is 0 Å². The van der Waals surface area contributed by atoms with Crippen LogP contribution in [0.15, 0.2) is 24.7 Å². The van der Waals surface area contributed by atoms with Gasteiger partial charge in [-0.2, -0.15) is 0 Å². The van der Waals surface area contributed by atoms with Gasteiger partial charge in [0.05, 0.1) is 11.6 Å². The summed E-state index contributed by atoms with van der Waals surface area (Å²) in [7, 11) is 1.74. The Morgan fingerprint density at radius 1 is 1.41 bits per heavy atom. The zero-order valence-corrected chi connectivity index (χ0v) is 12.5. The van der Waals surface area contributed by atoms with Gasteiger partial charge in [-0.15, -0.1) is 0 Å². The standard InChI is InChI=1S/C15H19N5O2/c1-19-9-10(13(16)21)8-12(19)15(22)20-7-3-2-4-11(20)14-17-5-6-18-14/h5-6,8-9,11H,2-4,7H2,1H3,(H2,16,21)(H,17,18). The molecule has 1 saturated heterocycles. The average molecular weight is 301 g/mol. The van der Waals surface area contributed by atoms with E-state index >= 15 is 0 Å². The van der Waals surface area contributed by atoms with Gasteiger partial charge in [0.1, 0.15) is 11.5 Å². The fourth-order valence-corrected chi connectivity index (χ4v) is 2.98. The minimum atomic E-state index is -0.532. The van der Waals surface area contributed by atoms with Crippen LogP contribution in [0.25, 0.3) is 0 Å². The van der Waals surface area contributed by atoms with E-state index in [1.807, 2.05) is 4.90 Å². The summed E-state index contributed by atoms with van der Waals surface area (Å²) < 4.78 is 1.65. The van der Waals surface area contributed by atoms with Crippen LogP contribution in [0.5, 0.6) is 0 Å². The van der Waals surface area contributed by atoms with Crippen LogP contribution in [0, 0.1) is 0 Å². The van der Waals surface area contributed by atoms with Crippen molar-refractivity contribution in [3.05, 3.63) is 41.7 Å². The van der Waals surface area contributed by atoms with Gasteiger partial charge in [0.25, 0.3) is 5.91 Å². The maximum atomic E-state index is 12.9. The number of nitrogens with zero attached hydrogens (tertiary/aromatic N) is 3. The normalized spacial score (nSPS) is 18.4. The number of carbonyl (C=O) groups excluding carboxylic acids is 2. The second-order valence-electron chi connectivity index (χ2n) is 5.57. The Morgan fingerprint density at radius 3 is 2.86 bits per heavy atom. The Balaban J connectivity index is 1.90. The molecule has 3 rings (SSSR count). The zero-order chi connectivity index (χ0) is 15.7. The molecular weight excluding hydrogens is 282 g/mol. The first-order chi connectivity index (χ1) is 10.6. The van der Waals surface area contributed by atoms with Crippen LogP contribution in [0.1, 0.15) is 52.0 Å². The Morgan fingerprint density at radius 2 is 2.23 bits per heavy atom. The number of likely N-dealkylation sites (tertiary alicyclic amines) is 1. The van der Waals surface area contributed by atoms with Gasteiger partial charge >= 0.3 is 0 Å². The van der Waals surface area contributed by atoms with E-state index in [0.29, 0.717) is 17.8 Å². The highest BCUT2D eigenvalue weighted by atomic mass is 16.2. The number of nitrogens with two attached hydrogens (primary N) is 1. The fourth-order valence-electron chi connectivity index (χ4n) is 2.98. The number of aromatic amines is 1. The maximum absolute atomic E-state index is 12.9. The highest BCUT2D eigenvalue weighted by Gasteiger charge is 2.31. The fraction of sp³-hybridized carbons (Fsp3) is 0.400. The molecule has 7 nitrogen and oxygen atoms in total. The largest absolute Gasteiger partial charge is 0.366 e. The van der Waals surface area contributed by atoms with E-state index in [9.17, 15) is 9.59 Å². The van der Waals surface area contributed by atoms with Crippen molar-refractivity contribution in [2.75, 3.05) is 6.54 Å². The Bertz CT molecular complexity index is 689. The van der Waals surface area contributed by atoms with Crippen molar-refractivity contribution in [1.82, 2.24) is 19.4 Å². The first-order valence-electron chi connectivity index (χ1n) is 7.34. The molecule has 1 aliphatic heterocycles. The van der Waals surface area contributed by atoms with E-state index in [2.05, 4.69) is 9.97 Å². The molecule has 3 N–H and O–H groups in total. The van der Waals surface area contributed by atoms with Crippen LogP contribution in [-0.2, 0) is 7.05 Å². The number of piperidine rings is 1. The average Bonchev–Trinajstić information content (AvgIpc) is 3.16. The number of imidazole rings is 1. The van der Waals surface area contributed by atoms with Gasteiger partial charge in [-0.25, -0.2) is 4.98 Å². The van der Waals surface area contributed by atoms with E-state index in [1.165, 1.54) is 0 Å². The molecule has 1 unspecified atom stereocenters. The number of H-pyrrole nitrogens is 1. The molecule has 1 aliphatic rings. The summed E-state index contributed by atoms with van der Waals surface area (Å²) in [6.07, 6.45) is 7.96. The number of hydrogen-bond donors (Lipinski definition) is 2. The van der Waals surface area contributed by atoms with Crippen molar-refractivity contribution in [1.29, 1.82) is 0 Å². The smallest absolute Gasteiger partial charge is 0.271 e. The highest BCUT2D eigenvalue weighted by Crippen LogP contribution is 2.30. The van der Waals surface area contributed by atoms with Crippen LogP contribution >= 0.6 is 0 Å². The van der Waals surface area contributed by atoms with Crippen molar-refractivity contribution >= 4 is 11.8 Å². The minimum absolute atomic E-state index is 0.0526. The molecule has 2 aromatic heterocycles. The van der Waals surface area contributed by atoms with E-state index in [1.54, 1.807) is 36.3 Å². The van der Waals surface area contributed by atoms with E-state index in [0.717, 1.165) is 25.1 Å². The van der Waals surface area contributed by atoms with Crippen LogP contribution in [0.3, 0.4) is 0 Å². The Labute approximate surface area is 128 Å². The Hall–Kier alpha value is -2.57. The van der Waals surface area contributed by atoms with Gasteiger partial charge in [-0.3, -0.25) is 9.59 Å². The molecule has 1 atom stereocenters. The SMILES string of the molecule is Cn1cc(C(N)=O)cc1C(=O)N1CCCCC1c1ncc[nH]1. The maximum Gasteiger partial charge on any atom is 0.271 e. The van der Waals surface area contributed by atoms with Crippen molar-refractivity contribution in [2.24, 2.45) is 12.8 Å². The first kappa shape index (κ1) is 14.4. The molecule has 2 amide bonds. The number of nitrogens with one attached hydrogen (secondary N) is 1. The highest BCUT2D eigenvalue weighted by molar-refractivity contribution is 5.98.